The highest BCUT2D eigenvalue weighted by Crippen LogP contribution is 2.06. The number of amides is 1. The highest BCUT2D eigenvalue weighted by atomic mass is 16.2. The normalized spacial score (nSPS) is 13.2. The molecular weight excluding hydrogens is 212 g/mol. The smallest absolute Gasteiger partial charge is 0.239 e. The summed E-state index contributed by atoms with van der Waals surface area (Å²) in [5, 5.41) is 2.93. The molecule has 94 valence electrons. The number of rotatable bonds is 5. The van der Waals surface area contributed by atoms with Crippen LogP contribution in [0.4, 0.5) is 0 Å². The van der Waals surface area contributed by atoms with Crippen molar-refractivity contribution in [1.29, 1.82) is 0 Å². The summed E-state index contributed by atoms with van der Waals surface area (Å²) < 4.78 is 0. The van der Waals surface area contributed by atoms with E-state index in [-0.39, 0.29) is 11.9 Å². The number of aryl methyl sites for hydroxylation is 1. The standard InChI is InChI=1S/C14H22N2O/c1-11(16-13(17)14(2,3)15)9-10-12-7-5-4-6-8-12/h4-8,11H,9-10,15H2,1-3H3,(H,16,17). The second kappa shape index (κ2) is 5.82. The van der Waals surface area contributed by atoms with Crippen LogP contribution in [0.5, 0.6) is 0 Å². The lowest BCUT2D eigenvalue weighted by Gasteiger charge is -2.21. The molecule has 3 N–H and O–H groups in total. The minimum Gasteiger partial charge on any atom is -0.352 e. The minimum atomic E-state index is -0.805. The third kappa shape index (κ3) is 5.00. The Bertz CT molecular complexity index is 354. The number of hydrogen-bond donors (Lipinski definition) is 2. The van der Waals surface area contributed by atoms with E-state index in [0.29, 0.717) is 0 Å². The topological polar surface area (TPSA) is 55.1 Å². The summed E-state index contributed by atoms with van der Waals surface area (Å²) in [6, 6.07) is 10.4. The molecule has 1 aromatic carbocycles. The van der Waals surface area contributed by atoms with E-state index in [9.17, 15) is 4.79 Å². The average molecular weight is 234 g/mol. The molecule has 1 aromatic rings. The molecule has 0 bridgehead atoms. The molecule has 0 aliphatic carbocycles. The van der Waals surface area contributed by atoms with Gasteiger partial charge in [-0.1, -0.05) is 30.3 Å². The molecule has 0 aliphatic rings. The second-order valence-electron chi connectivity index (χ2n) is 5.12. The van der Waals surface area contributed by atoms with Crippen molar-refractivity contribution < 1.29 is 4.79 Å². The van der Waals surface area contributed by atoms with Crippen LogP contribution >= 0.6 is 0 Å². The first-order valence-corrected chi connectivity index (χ1v) is 6.03. The summed E-state index contributed by atoms with van der Waals surface area (Å²) in [6.45, 7) is 5.44. The van der Waals surface area contributed by atoms with Crippen LogP contribution in [0.2, 0.25) is 0 Å². The van der Waals surface area contributed by atoms with Gasteiger partial charge in [-0.25, -0.2) is 0 Å². The van der Waals surface area contributed by atoms with E-state index < -0.39 is 5.54 Å². The van der Waals surface area contributed by atoms with E-state index in [1.165, 1.54) is 5.56 Å². The van der Waals surface area contributed by atoms with Gasteiger partial charge in [-0.05, 0) is 39.2 Å². The van der Waals surface area contributed by atoms with Crippen molar-refractivity contribution in [3.8, 4) is 0 Å². The quantitative estimate of drug-likeness (QED) is 0.817. The van der Waals surface area contributed by atoms with Gasteiger partial charge < -0.3 is 11.1 Å². The molecule has 17 heavy (non-hydrogen) atoms. The maximum absolute atomic E-state index is 11.7. The van der Waals surface area contributed by atoms with Gasteiger partial charge in [0.1, 0.15) is 0 Å². The highest BCUT2D eigenvalue weighted by Gasteiger charge is 2.22. The molecule has 0 aromatic heterocycles. The zero-order chi connectivity index (χ0) is 12.9. The van der Waals surface area contributed by atoms with Gasteiger partial charge in [0.15, 0.2) is 0 Å². The first-order valence-electron chi connectivity index (χ1n) is 6.03. The van der Waals surface area contributed by atoms with Gasteiger partial charge in [0.05, 0.1) is 5.54 Å². The molecule has 3 heteroatoms. The fraction of sp³-hybridized carbons (Fsp3) is 0.500. The molecule has 3 nitrogen and oxygen atoms in total. The third-order valence-electron chi connectivity index (χ3n) is 2.67. The summed E-state index contributed by atoms with van der Waals surface area (Å²) in [5.74, 6) is -0.0990. The van der Waals surface area contributed by atoms with Crippen molar-refractivity contribution in [3.63, 3.8) is 0 Å². The van der Waals surface area contributed by atoms with Crippen LogP contribution in [0, 0.1) is 0 Å². The molecule has 0 heterocycles. The van der Waals surface area contributed by atoms with Gasteiger partial charge in [0.2, 0.25) is 5.91 Å². The summed E-state index contributed by atoms with van der Waals surface area (Å²) in [4.78, 5) is 11.7. The lowest BCUT2D eigenvalue weighted by molar-refractivity contribution is -0.125. The van der Waals surface area contributed by atoms with E-state index in [1.54, 1.807) is 13.8 Å². The van der Waals surface area contributed by atoms with Gasteiger partial charge in [-0.15, -0.1) is 0 Å². The first-order chi connectivity index (χ1) is 7.89. The Hall–Kier alpha value is -1.35. The number of nitrogens with one attached hydrogen (secondary N) is 1. The van der Waals surface area contributed by atoms with Crippen LogP contribution in [0.25, 0.3) is 0 Å². The van der Waals surface area contributed by atoms with E-state index in [2.05, 4.69) is 17.4 Å². The Labute approximate surface area is 103 Å². The van der Waals surface area contributed by atoms with Crippen LogP contribution in [-0.4, -0.2) is 17.5 Å². The summed E-state index contributed by atoms with van der Waals surface area (Å²) in [5.41, 5.74) is 6.21. The van der Waals surface area contributed by atoms with Gasteiger partial charge in [0.25, 0.3) is 0 Å². The molecule has 1 amide bonds. The van der Waals surface area contributed by atoms with Crippen LogP contribution in [0.1, 0.15) is 32.8 Å². The Morgan fingerprint density at radius 3 is 2.47 bits per heavy atom. The van der Waals surface area contributed by atoms with Crippen molar-refractivity contribution in [1.82, 2.24) is 5.32 Å². The summed E-state index contributed by atoms with van der Waals surface area (Å²) in [7, 11) is 0. The molecule has 0 spiro atoms. The summed E-state index contributed by atoms with van der Waals surface area (Å²) in [6.07, 6.45) is 1.89. The average Bonchev–Trinajstić information content (AvgIpc) is 2.26. The molecule has 0 fully saturated rings. The summed E-state index contributed by atoms with van der Waals surface area (Å²) >= 11 is 0. The maximum Gasteiger partial charge on any atom is 0.239 e. The van der Waals surface area contributed by atoms with Crippen molar-refractivity contribution in [2.24, 2.45) is 5.73 Å². The Balaban J connectivity index is 2.36. The molecule has 0 aliphatic heterocycles. The fourth-order valence-electron chi connectivity index (χ4n) is 1.51. The number of carbonyl (C=O) groups is 1. The van der Waals surface area contributed by atoms with E-state index in [1.807, 2.05) is 25.1 Å². The highest BCUT2D eigenvalue weighted by molar-refractivity contribution is 5.85. The monoisotopic (exact) mass is 234 g/mol. The lowest BCUT2D eigenvalue weighted by Crippen LogP contribution is -2.51. The molecule has 1 unspecified atom stereocenters. The molecule has 1 atom stereocenters. The minimum absolute atomic E-state index is 0.0990. The van der Waals surface area contributed by atoms with Crippen LogP contribution in [-0.2, 0) is 11.2 Å². The Morgan fingerprint density at radius 1 is 1.35 bits per heavy atom. The van der Waals surface area contributed by atoms with Crippen LogP contribution in [0.3, 0.4) is 0 Å². The SMILES string of the molecule is CC(CCc1ccccc1)NC(=O)C(C)(C)N. The predicted molar refractivity (Wildman–Crippen MR) is 70.6 cm³/mol. The van der Waals surface area contributed by atoms with Crippen molar-refractivity contribution in [3.05, 3.63) is 35.9 Å². The van der Waals surface area contributed by atoms with E-state index in [0.717, 1.165) is 12.8 Å². The zero-order valence-electron chi connectivity index (χ0n) is 10.9. The van der Waals surface area contributed by atoms with Crippen molar-refractivity contribution >= 4 is 5.91 Å². The second-order valence-corrected chi connectivity index (χ2v) is 5.12. The van der Waals surface area contributed by atoms with Crippen LogP contribution < -0.4 is 11.1 Å². The van der Waals surface area contributed by atoms with Gasteiger partial charge >= 0.3 is 0 Å². The number of hydrogen-bond acceptors (Lipinski definition) is 2. The number of nitrogens with two attached hydrogens (primary N) is 1. The molecule has 0 radical (unpaired) electrons. The van der Waals surface area contributed by atoms with E-state index >= 15 is 0 Å². The Morgan fingerprint density at radius 2 is 1.94 bits per heavy atom. The predicted octanol–water partition coefficient (Wildman–Crippen LogP) is 1.86. The largest absolute Gasteiger partial charge is 0.352 e. The van der Waals surface area contributed by atoms with Crippen molar-refractivity contribution in [2.45, 2.75) is 45.2 Å². The third-order valence-corrected chi connectivity index (χ3v) is 2.67. The van der Waals surface area contributed by atoms with Gasteiger partial charge in [-0.2, -0.15) is 0 Å². The first kappa shape index (κ1) is 13.7. The molecule has 0 saturated heterocycles. The molecular formula is C14H22N2O. The molecule has 1 rings (SSSR count). The van der Waals surface area contributed by atoms with Gasteiger partial charge in [0, 0.05) is 6.04 Å². The Kier molecular flexibility index (Phi) is 4.70. The maximum atomic E-state index is 11.7. The van der Waals surface area contributed by atoms with Crippen molar-refractivity contribution in [2.75, 3.05) is 0 Å². The van der Waals surface area contributed by atoms with Crippen LogP contribution in [0.15, 0.2) is 30.3 Å². The van der Waals surface area contributed by atoms with E-state index in [4.69, 9.17) is 5.73 Å². The van der Waals surface area contributed by atoms with Gasteiger partial charge in [-0.3, -0.25) is 4.79 Å². The molecule has 0 saturated carbocycles. The zero-order valence-corrected chi connectivity index (χ0v) is 10.9. The lowest BCUT2D eigenvalue weighted by atomic mass is 10.0. The fourth-order valence-corrected chi connectivity index (χ4v) is 1.51. The number of benzene rings is 1. The number of carbonyl (C=O) groups excluding carboxylic acids is 1.